The van der Waals surface area contributed by atoms with Gasteiger partial charge in [-0.15, -0.1) is 11.3 Å². The fourth-order valence-corrected chi connectivity index (χ4v) is 2.52. The van der Waals surface area contributed by atoms with E-state index in [9.17, 15) is 14.4 Å². The maximum Gasteiger partial charge on any atom is 0.375 e. The van der Waals surface area contributed by atoms with Gasteiger partial charge >= 0.3 is 5.97 Å². The Morgan fingerprint density at radius 1 is 1.04 bits per heavy atom. The van der Waals surface area contributed by atoms with Crippen LogP contribution in [-0.4, -0.2) is 24.1 Å². The van der Waals surface area contributed by atoms with E-state index in [0.29, 0.717) is 4.88 Å². The van der Waals surface area contributed by atoms with Gasteiger partial charge in [0.1, 0.15) is 0 Å². The molecule has 4 nitrogen and oxygen atoms in total. The summed E-state index contributed by atoms with van der Waals surface area (Å²) in [4.78, 5) is 35.9. The SMILES string of the molecule is CCOC(=O)C(=O)CC(=O)c1ccc(C#Cc2ccccc2)s1. The first-order valence-electron chi connectivity index (χ1n) is 7.00. The van der Waals surface area contributed by atoms with Gasteiger partial charge < -0.3 is 4.74 Å². The Kier molecular flexibility index (Phi) is 5.84. The van der Waals surface area contributed by atoms with Gasteiger partial charge in [-0.2, -0.15) is 0 Å². The summed E-state index contributed by atoms with van der Waals surface area (Å²) in [5, 5.41) is 0. The number of thiophene rings is 1. The number of ketones is 2. The summed E-state index contributed by atoms with van der Waals surface area (Å²) in [6, 6.07) is 12.8. The first kappa shape index (κ1) is 16.7. The van der Waals surface area contributed by atoms with Crippen molar-refractivity contribution in [1.82, 2.24) is 0 Å². The van der Waals surface area contributed by atoms with Crippen LogP contribution in [0.15, 0.2) is 42.5 Å². The normalized spacial score (nSPS) is 9.61. The third-order valence-electron chi connectivity index (χ3n) is 2.81. The second-order valence-corrected chi connectivity index (χ2v) is 5.61. The third kappa shape index (κ3) is 4.90. The monoisotopic (exact) mass is 326 g/mol. The van der Waals surface area contributed by atoms with Gasteiger partial charge in [0.05, 0.1) is 22.8 Å². The molecule has 1 heterocycles. The minimum Gasteiger partial charge on any atom is -0.460 e. The highest BCUT2D eigenvalue weighted by molar-refractivity contribution is 7.14. The van der Waals surface area contributed by atoms with E-state index in [4.69, 9.17) is 0 Å². The zero-order valence-electron chi connectivity index (χ0n) is 12.5. The van der Waals surface area contributed by atoms with E-state index in [1.165, 1.54) is 11.3 Å². The molecule has 5 heteroatoms. The van der Waals surface area contributed by atoms with Crippen molar-refractivity contribution in [3.05, 3.63) is 57.8 Å². The quantitative estimate of drug-likeness (QED) is 0.279. The fraction of sp³-hybridized carbons (Fsp3) is 0.167. The largest absolute Gasteiger partial charge is 0.460 e. The van der Waals surface area contributed by atoms with Crippen molar-refractivity contribution in [2.45, 2.75) is 13.3 Å². The van der Waals surface area contributed by atoms with Gasteiger partial charge in [0, 0.05) is 5.56 Å². The minimum absolute atomic E-state index is 0.108. The number of benzene rings is 1. The summed E-state index contributed by atoms with van der Waals surface area (Å²) in [7, 11) is 0. The maximum atomic E-state index is 12.0. The van der Waals surface area contributed by atoms with Crippen LogP contribution < -0.4 is 0 Å². The van der Waals surface area contributed by atoms with E-state index >= 15 is 0 Å². The number of rotatable bonds is 5. The van der Waals surface area contributed by atoms with Gasteiger partial charge in [0.15, 0.2) is 5.78 Å². The number of hydrogen-bond donors (Lipinski definition) is 0. The van der Waals surface area contributed by atoms with Gasteiger partial charge in [-0.3, -0.25) is 9.59 Å². The van der Waals surface area contributed by atoms with Gasteiger partial charge in [0.25, 0.3) is 0 Å². The molecule has 0 aliphatic heterocycles. The van der Waals surface area contributed by atoms with Gasteiger partial charge in [-0.25, -0.2) is 4.79 Å². The zero-order chi connectivity index (χ0) is 16.7. The lowest BCUT2D eigenvalue weighted by Gasteiger charge is -1.99. The standard InChI is InChI=1S/C18H14O4S/c1-2-22-18(21)16(20)12-15(19)17-11-10-14(23-17)9-8-13-6-4-3-5-7-13/h3-7,10-11H,2,12H2,1H3. The Morgan fingerprint density at radius 3 is 2.48 bits per heavy atom. The lowest BCUT2D eigenvalue weighted by Crippen LogP contribution is -2.20. The highest BCUT2D eigenvalue weighted by Gasteiger charge is 2.20. The molecule has 0 aliphatic carbocycles. The third-order valence-corrected chi connectivity index (χ3v) is 3.85. The molecule has 0 unspecified atom stereocenters. The predicted molar refractivity (Wildman–Crippen MR) is 87.3 cm³/mol. The molecule has 0 bridgehead atoms. The fourth-order valence-electron chi connectivity index (χ4n) is 1.73. The molecule has 0 amide bonds. The molecule has 2 aromatic rings. The van der Waals surface area contributed by atoms with Crippen molar-refractivity contribution in [2.24, 2.45) is 0 Å². The van der Waals surface area contributed by atoms with E-state index < -0.39 is 24.0 Å². The van der Waals surface area contributed by atoms with Crippen LogP contribution in [-0.2, 0) is 14.3 Å². The van der Waals surface area contributed by atoms with Crippen molar-refractivity contribution in [3.63, 3.8) is 0 Å². The molecule has 0 N–H and O–H groups in total. The molecule has 0 spiro atoms. The molecule has 0 saturated carbocycles. The number of hydrogen-bond acceptors (Lipinski definition) is 5. The first-order chi connectivity index (χ1) is 11.1. The van der Waals surface area contributed by atoms with E-state index in [0.717, 1.165) is 10.4 Å². The Labute approximate surface area is 138 Å². The molecule has 23 heavy (non-hydrogen) atoms. The number of Topliss-reactive ketones (excluding diaryl/α,β-unsaturated/α-hetero) is 2. The molecule has 0 atom stereocenters. The molecular weight excluding hydrogens is 312 g/mol. The van der Waals surface area contributed by atoms with Gasteiger partial charge in [0.2, 0.25) is 5.78 Å². The summed E-state index contributed by atoms with van der Waals surface area (Å²) in [5.41, 5.74) is 0.881. The van der Waals surface area contributed by atoms with Crippen molar-refractivity contribution in [1.29, 1.82) is 0 Å². The molecule has 0 aliphatic rings. The molecule has 0 fully saturated rings. The molecule has 2 rings (SSSR count). The van der Waals surface area contributed by atoms with Crippen LogP contribution in [0.3, 0.4) is 0 Å². The lowest BCUT2D eigenvalue weighted by molar-refractivity contribution is -0.153. The molecule has 1 aromatic heterocycles. The number of carbonyl (C=O) groups is 3. The number of ether oxygens (including phenoxy) is 1. The van der Waals surface area contributed by atoms with Crippen molar-refractivity contribution in [2.75, 3.05) is 6.61 Å². The summed E-state index contributed by atoms with van der Waals surface area (Å²) >= 11 is 1.20. The summed E-state index contributed by atoms with van der Waals surface area (Å²) in [6.45, 7) is 1.71. The number of carbonyl (C=O) groups excluding carboxylic acids is 3. The smallest absolute Gasteiger partial charge is 0.375 e. The van der Waals surface area contributed by atoms with Crippen LogP contribution in [0.4, 0.5) is 0 Å². The van der Waals surface area contributed by atoms with E-state index in [2.05, 4.69) is 16.6 Å². The first-order valence-corrected chi connectivity index (χ1v) is 7.82. The Balaban J connectivity index is 2.02. The average molecular weight is 326 g/mol. The highest BCUT2D eigenvalue weighted by Crippen LogP contribution is 2.17. The maximum absolute atomic E-state index is 12.0. The molecule has 0 saturated heterocycles. The lowest BCUT2D eigenvalue weighted by atomic mass is 10.2. The Hall–Kier alpha value is -2.71. The van der Waals surface area contributed by atoms with Crippen molar-refractivity contribution >= 4 is 28.9 Å². The van der Waals surface area contributed by atoms with Crippen LogP contribution in [0, 0.1) is 11.8 Å². The Morgan fingerprint density at radius 2 is 1.78 bits per heavy atom. The van der Waals surface area contributed by atoms with E-state index in [1.807, 2.05) is 30.3 Å². The van der Waals surface area contributed by atoms with E-state index in [1.54, 1.807) is 19.1 Å². The van der Waals surface area contributed by atoms with Crippen LogP contribution in [0.25, 0.3) is 0 Å². The topological polar surface area (TPSA) is 60.4 Å². The predicted octanol–water partition coefficient (Wildman–Crippen LogP) is 2.85. The second-order valence-electron chi connectivity index (χ2n) is 4.52. The van der Waals surface area contributed by atoms with E-state index in [-0.39, 0.29) is 6.61 Å². The molecular formula is C18H14O4S. The molecule has 1 aromatic carbocycles. The average Bonchev–Trinajstić information content (AvgIpc) is 3.03. The summed E-state index contributed by atoms with van der Waals surface area (Å²) in [6.07, 6.45) is -0.481. The minimum atomic E-state index is -0.971. The number of esters is 1. The summed E-state index contributed by atoms with van der Waals surface area (Å²) in [5.74, 6) is 3.77. The van der Waals surface area contributed by atoms with Crippen LogP contribution in [0.5, 0.6) is 0 Å². The van der Waals surface area contributed by atoms with Gasteiger partial charge in [-0.1, -0.05) is 30.0 Å². The Bertz CT molecular complexity index is 778. The van der Waals surface area contributed by atoms with Crippen molar-refractivity contribution < 1.29 is 19.1 Å². The van der Waals surface area contributed by atoms with Crippen LogP contribution >= 0.6 is 11.3 Å². The van der Waals surface area contributed by atoms with Gasteiger partial charge in [-0.05, 0) is 31.2 Å². The summed E-state index contributed by atoms with van der Waals surface area (Å²) < 4.78 is 4.57. The second kappa shape index (κ2) is 8.06. The van der Waals surface area contributed by atoms with Crippen LogP contribution in [0.1, 0.15) is 33.5 Å². The highest BCUT2D eigenvalue weighted by atomic mass is 32.1. The molecule has 0 radical (unpaired) electrons. The van der Waals surface area contributed by atoms with Crippen molar-refractivity contribution in [3.8, 4) is 11.8 Å². The zero-order valence-corrected chi connectivity index (χ0v) is 13.3. The molecule has 116 valence electrons. The van der Waals surface area contributed by atoms with Crippen LogP contribution in [0.2, 0.25) is 0 Å².